The third-order valence-electron chi connectivity index (χ3n) is 4.64. The number of rotatable bonds is 2. The highest BCUT2D eigenvalue weighted by molar-refractivity contribution is 5.90. The van der Waals surface area contributed by atoms with Crippen LogP contribution in [0.4, 0.5) is 0 Å². The van der Waals surface area contributed by atoms with Crippen LogP contribution in [0.2, 0.25) is 0 Å². The average Bonchev–Trinajstić information content (AvgIpc) is 2.81. The van der Waals surface area contributed by atoms with E-state index in [9.17, 15) is 5.11 Å². The molecule has 0 saturated heterocycles. The number of aromatic hydroxyl groups is 1. The van der Waals surface area contributed by atoms with Gasteiger partial charge in [0.05, 0.1) is 19.3 Å². The van der Waals surface area contributed by atoms with Crippen molar-refractivity contribution in [1.82, 2.24) is 0 Å². The largest absolute Gasteiger partial charge is 0.507 e. The summed E-state index contributed by atoms with van der Waals surface area (Å²) >= 11 is 0. The minimum atomic E-state index is -0.0522. The Kier molecular flexibility index (Phi) is 3.78. The lowest BCUT2D eigenvalue weighted by Crippen LogP contribution is -2.24. The molecule has 0 unspecified atom stereocenters. The molecule has 1 N–H and O–H groups in total. The Labute approximate surface area is 143 Å². The van der Waals surface area contributed by atoms with Gasteiger partial charge < -0.3 is 14.6 Å². The van der Waals surface area contributed by atoms with Crippen molar-refractivity contribution in [2.45, 2.75) is 34.6 Å². The first-order valence-electron chi connectivity index (χ1n) is 8.33. The zero-order valence-electron chi connectivity index (χ0n) is 15.4. The molecule has 2 aromatic rings. The number of fused-ring (bicyclic) bond motifs is 1. The molecule has 0 spiro atoms. The maximum absolute atomic E-state index is 10.6. The maximum Gasteiger partial charge on any atom is 0.130 e. The fourth-order valence-electron chi connectivity index (χ4n) is 3.85. The van der Waals surface area contributed by atoms with Crippen LogP contribution in [0.15, 0.2) is 35.9 Å². The van der Waals surface area contributed by atoms with Crippen molar-refractivity contribution >= 4 is 16.5 Å². The summed E-state index contributed by atoms with van der Waals surface area (Å²) in [4.78, 5) is 0. The zero-order chi connectivity index (χ0) is 17.7. The Balaban J connectivity index is 2.26. The van der Waals surface area contributed by atoms with Gasteiger partial charge in [-0.25, -0.2) is 0 Å². The summed E-state index contributed by atoms with van der Waals surface area (Å²) in [5, 5.41) is 12.6. The van der Waals surface area contributed by atoms with Crippen LogP contribution in [0.5, 0.6) is 11.5 Å². The molecule has 0 amide bonds. The molecule has 0 fully saturated rings. The Bertz CT molecular complexity index is 823. The van der Waals surface area contributed by atoms with Crippen LogP contribution in [0.25, 0.3) is 16.5 Å². The molecule has 1 aliphatic rings. The van der Waals surface area contributed by atoms with E-state index in [0.717, 1.165) is 27.8 Å². The predicted molar refractivity (Wildman–Crippen MR) is 98.3 cm³/mol. The molecule has 0 saturated carbocycles. The fourth-order valence-corrected chi connectivity index (χ4v) is 3.85. The van der Waals surface area contributed by atoms with Gasteiger partial charge in [0.1, 0.15) is 17.3 Å². The fraction of sp³-hybridized carbons (Fsp3) is 0.429. The van der Waals surface area contributed by atoms with E-state index in [4.69, 9.17) is 9.47 Å². The van der Waals surface area contributed by atoms with E-state index < -0.39 is 0 Å². The maximum atomic E-state index is 10.6. The van der Waals surface area contributed by atoms with E-state index in [1.165, 1.54) is 5.57 Å². The second-order valence-corrected chi connectivity index (χ2v) is 8.21. The molecule has 1 aliphatic heterocycles. The molecule has 128 valence electrons. The Morgan fingerprint density at radius 1 is 1.08 bits per heavy atom. The average molecular weight is 326 g/mol. The molecule has 3 rings (SSSR count). The van der Waals surface area contributed by atoms with Crippen molar-refractivity contribution in [3.05, 3.63) is 41.5 Å². The van der Waals surface area contributed by atoms with E-state index in [1.807, 2.05) is 24.3 Å². The first-order valence-corrected chi connectivity index (χ1v) is 8.33. The molecule has 1 heterocycles. The molecule has 3 nitrogen and oxygen atoms in total. The van der Waals surface area contributed by atoms with Crippen LogP contribution in [-0.4, -0.2) is 18.8 Å². The number of methoxy groups -OCH3 is 1. The molecule has 0 atom stereocenters. The SMILES string of the molecule is COc1ccc2cc(O)c(C3=C(C(C)(C)C)C(C)(C)CO3)cc2c1. The summed E-state index contributed by atoms with van der Waals surface area (Å²) in [6.07, 6.45) is 0. The van der Waals surface area contributed by atoms with Crippen molar-refractivity contribution in [2.75, 3.05) is 13.7 Å². The lowest BCUT2D eigenvalue weighted by atomic mass is 9.71. The van der Waals surface area contributed by atoms with Gasteiger partial charge in [-0.1, -0.05) is 40.7 Å². The van der Waals surface area contributed by atoms with Gasteiger partial charge in [-0.3, -0.25) is 0 Å². The Morgan fingerprint density at radius 3 is 2.42 bits per heavy atom. The summed E-state index contributed by atoms with van der Waals surface area (Å²) in [5.74, 6) is 1.87. The second-order valence-electron chi connectivity index (χ2n) is 8.21. The number of benzene rings is 2. The van der Waals surface area contributed by atoms with Crippen molar-refractivity contribution in [2.24, 2.45) is 10.8 Å². The van der Waals surface area contributed by atoms with Gasteiger partial charge in [-0.2, -0.15) is 0 Å². The number of hydrogen-bond acceptors (Lipinski definition) is 3. The topological polar surface area (TPSA) is 38.7 Å². The standard InChI is InChI=1S/C21H26O3/c1-20(2,3)19-18(24-12-21(19,4)5)16-10-14-9-15(23-6)8-7-13(14)11-17(16)22/h7-11,22H,12H2,1-6H3. The lowest BCUT2D eigenvalue weighted by Gasteiger charge is -2.31. The molecule has 0 aromatic heterocycles. The lowest BCUT2D eigenvalue weighted by molar-refractivity contribution is 0.213. The van der Waals surface area contributed by atoms with Crippen LogP contribution >= 0.6 is 0 Å². The first kappa shape index (κ1) is 16.7. The smallest absolute Gasteiger partial charge is 0.130 e. The van der Waals surface area contributed by atoms with Crippen molar-refractivity contribution in [3.63, 3.8) is 0 Å². The molecule has 2 aromatic carbocycles. The third-order valence-corrected chi connectivity index (χ3v) is 4.64. The van der Waals surface area contributed by atoms with E-state index in [2.05, 4.69) is 34.6 Å². The van der Waals surface area contributed by atoms with Crippen molar-refractivity contribution < 1.29 is 14.6 Å². The van der Waals surface area contributed by atoms with Gasteiger partial charge in [0.25, 0.3) is 0 Å². The number of ether oxygens (including phenoxy) is 2. The zero-order valence-corrected chi connectivity index (χ0v) is 15.4. The van der Waals surface area contributed by atoms with Crippen LogP contribution < -0.4 is 4.74 Å². The molecular formula is C21H26O3. The van der Waals surface area contributed by atoms with Crippen molar-refractivity contribution in [1.29, 1.82) is 0 Å². The van der Waals surface area contributed by atoms with Gasteiger partial charge >= 0.3 is 0 Å². The van der Waals surface area contributed by atoms with E-state index in [-0.39, 0.29) is 16.6 Å². The van der Waals surface area contributed by atoms with Crippen LogP contribution in [0.3, 0.4) is 0 Å². The molecule has 0 radical (unpaired) electrons. The minimum Gasteiger partial charge on any atom is -0.507 e. The second kappa shape index (κ2) is 5.44. The summed E-state index contributed by atoms with van der Waals surface area (Å²) in [6, 6.07) is 9.63. The van der Waals surface area contributed by atoms with Gasteiger partial charge in [0.2, 0.25) is 0 Å². The molecule has 0 aliphatic carbocycles. The molecular weight excluding hydrogens is 300 g/mol. The summed E-state index contributed by atoms with van der Waals surface area (Å²) in [6.45, 7) is 11.6. The quantitative estimate of drug-likeness (QED) is 0.806. The first-order chi connectivity index (χ1) is 11.1. The highest BCUT2D eigenvalue weighted by Crippen LogP contribution is 2.51. The Morgan fingerprint density at radius 2 is 1.79 bits per heavy atom. The number of hydrogen-bond donors (Lipinski definition) is 1. The monoisotopic (exact) mass is 326 g/mol. The minimum absolute atomic E-state index is 0.0366. The van der Waals surface area contributed by atoms with E-state index in [1.54, 1.807) is 13.2 Å². The van der Waals surface area contributed by atoms with E-state index >= 15 is 0 Å². The molecule has 3 heteroatoms. The van der Waals surface area contributed by atoms with Gasteiger partial charge in [-0.05, 0) is 46.0 Å². The summed E-state index contributed by atoms with van der Waals surface area (Å²) < 4.78 is 11.4. The van der Waals surface area contributed by atoms with Crippen LogP contribution in [-0.2, 0) is 4.74 Å². The third kappa shape index (κ3) is 2.72. The Hall–Kier alpha value is -2.16. The normalized spacial score (nSPS) is 17.2. The van der Waals surface area contributed by atoms with Gasteiger partial charge in [0.15, 0.2) is 0 Å². The van der Waals surface area contributed by atoms with Crippen molar-refractivity contribution in [3.8, 4) is 11.5 Å². The predicted octanol–water partition coefficient (Wildman–Crippen LogP) is 5.37. The highest BCUT2D eigenvalue weighted by atomic mass is 16.5. The van der Waals surface area contributed by atoms with E-state index in [0.29, 0.717) is 6.61 Å². The number of phenols is 1. The number of phenolic OH excluding ortho intramolecular Hbond substituents is 1. The van der Waals surface area contributed by atoms with Crippen LogP contribution in [0, 0.1) is 10.8 Å². The summed E-state index contributed by atoms with van der Waals surface area (Å²) in [7, 11) is 1.66. The molecule has 0 bridgehead atoms. The highest BCUT2D eigenvalue weighted by Gasteiger charge is 2.41. The van der Waals surface area contributed by atoms with Crippen LogP contribution in [0.1, 0.15) is 40.2 Å². The molecule has 24 heavy (non-hydrogen) atoms. The van der Waals surface area contributed by atoms with Gasteiger partial charge in [0, 0.05) is 5.41 Å². The van der Waals surface area contributed by atoms with Gasteiger partial charge in [-0.15, -0.1) is 0 Å². The summed E-state index contributed by atoms with van der Waals surface area (Å²) in [5.41, 5.74) is 1.91.